The van der Waals surface area contributed by atoms with E-state index in [9.17, 15) is 13.2 Å². The minimum atomic E-state index is -4.33. The third-order valence-corrected chi connectivity index (χ3v) is 1.50. The molecule has 0 saturated heterocycles. The molecule has 0 atom stereocenters. The quantitative estimate of drug-likeness (QED) is 0.808. The van der Waals surface area contributed by atoms with Gasteiger partial charge in [0.25, 0.3) is 0 Å². The maximum absolute atomic E-state index is 12.2. The molecule has 1 N–H and O–H groups in total. The second-order valence-electron chi connectivity index (χ2n) is 2.63. The molecule has 0 aliphatic carbocycles. The Morgan fingerprint density at radius 3 is 2.38 bits per heavy atom. The first-order valence-electron chi connectivity index (χ1n) is 5.11. The third kappa shape index (κ3) is 5.02. The number of hydrogen-bond acceptors (Lipinski definition) is 2. The fraction of sp³-hybridized carbons (Fsp3) is 0.455. The van der Waals surface area contributed by atoms with Gasteiger partial charge in [-0.3, -0.25) is 0 Å². The summed E-state index contributed by atoms with van der Waals surface area (Å²) in [5.74, 6) is 0.154. The van der Waals surface area contributed by atoms with Gasteiger partial charge in [-0.1, -0.05) is 19.9 Å². The Morgan fingerprint density at radius 2 is 1.88 bits per heavy atom. The van der Waals surface area contributed by atoms with E-state index in [-0.39, 0.29) is 5.75 Å². The van der Waals surface area contributed by atoms with E-state index >= 15 is 0 Å². The predicted octanol–water partition coefficient (Wildman–Crippen LogP) is 3.63. The molecule has 0 radical (unpaired) electrons. The van der Waals surface area contributed by atoms with Crippen LogP contribution in [0.15, 0.2) is 24.3 Å². The summed E-state index contributed by atoms with van der Waals surface area (Å²) in [7, 11) is 0. The van der Waals surface area contributed by atoms with Gasteiger partial charge in [0.2, 0.25) is 0 Å². The topological polar surface area (TPSA) is 21.3 Å². The van der Waals surface area contributed by atoms with Crippen molar-refractivity contribution in [3.63, 3.8) is 0 Å². The van der Waals surface area contributed by atoms with E-state index < -0.39 is 11.7 Å². The lowest BCUT2D eigenvalue weighted by molar-refractivity contribution is -0.137. The van der Waals surface area contributed by atoms with Crippen molar-refractivity contribution >= 4 is 0 Å². The van der Waals surface area contributed by atoms with Crippen LogP contribution in [-0.4, -0.2) is 6.54 Å². The highest BCUT2D eigenvalue weighted by Crippen LogP contribution is 2.30. The Bertz CT molecular complexity index is 300. The normalized spacial score (nSPS) is 10.4. The SMILES string of the molecule is CC.CCNOc1cccc(C(F)(F)F)c1. The van der Waals surface area contributed by atoms with E-state index in [0.29, 0.717) is 6.54 Å². The molecule has 0 aliphatic heterocycles. The van der Waals surface area contributed by atoms with Crippen molar-refractivity contribution < 1.29 is 18.0 Å². The Kier molecular flexibility index (Phi) is 6.56. The molecule has 0 amide bonds. The molecule has 1 aromatic carbocycles. The monoisotopic (exact) mass is 235 g/mol. The van der Waals surface area contributed by atoms with E-state index in [1.165, 1.54) is 12.1 Å². The van der Waals surface area contributed by atoms with Gasteiger partial charge in [-0.15, -0.1) is 0 Å². The van der Waals surface area contributed by atoms with E-state index in [4.69, 9.17) is 4.84 Å². The van der Waals surface area contributed by atoms with E-state index in [0.717, 1.165) is 12.1 Å². The van der Waals surface area contributed by atoms with Crippen molar-refractivity contribution in [3.8, 4) is 5.75 Å². The van der Waals surface area contributed by atoms with Crippen LogP contribution in [0.5, 0.6) is 5.75 Å². The number of rotatable bonds is 3. The Morgan fingerprint density at radius 1 is 1.25 bits per heavy atom. The molecule has 0 heterocycles. The predicted molar refractivity (Wildman–Crippen MR) is 57.1 cm³/mol. The Balaban J connectivity index is 0.00000106. The third-order valence-electron chi connectivity index (χ3n) is 1.50. The van der Waals surface area contributed by atoms with Crippen LogP contribution in [-0.2, 0) is 6.18 Å². The molecule has 0 bridgehead atoms. The lowest BCUT2D eigenvalue weighted by Crippen LogP contribution is -2.17. The van der Waals surface area contributed by atoms with Crippen molar-refractivity contribution in [2.75, 3.05) is 6.54 Å². The average molecular weight is 235 g/mol. The maximum Gasteiger partial charge on any atom is 0.416 e. The highest BCUT2D eigenvalue weighted by Gasteiger charge is 2.30. The number of alkyl halides is 3. The molecule has 2 nitrogen and oxygen atoms in total. The zero-order chi connectivity index (χ0) is 12.6. The second kappa shape index (κ2) is 7.11. The molecule has 92 valence electrons. The molecule has 0 aromatic heterocycles. The van der Waals surface area contributed by atoms with Gasteiger partial charge in [0, 0.05) is 6.54 Å². The van der Waals surface area contributed by atoms with Gasteiger partial charge in [0.1, 0.15) is 5.75 Å². The van der Waals surface area contributed by atoms with Crippen molar-refractivity contribution in [2.24, 2.45) is 0 Å². The highest BCUT2D eigenvalue weighted by molar-refractivity contribution is 5.29. The lowest BCUT2D eigenvalue weighted by atomic mass is 10.2. The van der Waals surface area contributed by atoms with Crippen LogP contribution < -0.4 is 10.3 Å². The summed E-state index contributed by atoms with van der Waals surface area (Å²) in [5.41, 5.74) is 1.76. The summed E-state index contributed by atoms with van der Waals surface area (Å²) in [6.07, 6.45) is -4.33. The van der Waals surface area contributed by atoms with E-state index in [2.05, 4.69) is 5.48 Å². The summed E-state index contributed by atoms with van der Waals surface area (Å²) in [4.78, 5) is 4.84. The first-order chi connectivity index (χ1) is 7.54. The number of hydroxylamine groups is 1. The molecule has 0 saturated carbocycles. The lowest BCUT2D eigenvalue weighted by Gasteiger charge is -2.09. The van der Waals surface area contributed by atoms with Gasteiger partial charge >= 0.3 is 6.18 Å². The molecule has 5 heteroatoms. The average Bonchev–Trinajstić information content (AvgIpc) is 2.28. The fourth-order valence-corrected chi connectivity index (χ4v) is 0.891. The zero-order valence-electron chi connectivity index (χ0n) is 9.56. The zero-order valence-corrected chi connectivity index (χ0v) is 9.56. The van der Waals surface area contributed by atoms with Crippen LogP contribution in [0.4, 0.5) is 13.2 Å². The summed E-state index contributed by atoms with van der Waals surface area (Å²) >= 11 is 0. The highest BCUT2D eigenvalue weighted by atomic mass is 19.4. The number of halogens is 3. The van der Waals surface area contributed by atoms with Crippen LogP contribution in [0, 0.1) is 0 Å². The van der Waals surface area contributed by atoms with Crippen molar-refractivity contribution in [3.05, 3.63) is 29.8 Å². The van der Waals surface area contributed by atoms with Crippen molar-refractivity contribution in [1.29, 1.82) is 0 Å². The van der Waals surface area contributed by atoms with E-state index in [1.807, 2.05) is 13.8 Å². The Labute approximate surface area is 93.4 Å². The first kappa shape index (κ1) is 14.8. The first-order valence-corrected chi connectivity index (χ1v) is 5.11. The largest absolute Gasteiger partial charge is 0.416 e. The van der Waals surface area contributed by atoms with Gasteiger partial charge in [-0.05, 0) is 25.1 Å². The van der Waals surface area contributed by atoms with Crippen LogP contribution in [0.2, 0.25) is 0 Å². The maximum atomic E-state index is 12.2. The van der Waals surface area contributed by atoms with Gasteiger partial charge in [0.15, 0.2) is 0 Å². The van der Waals surface area contributed by atoms with Crippen molar-refractivity contribution in [1.82, 2.24) is 5.48 Å². The number of benzene rings is 1. The Hall–Kier alpha value is -1.23. The van der Waals surface area contributed by atoms with Gasteiger partial charge < -0.3 is 4.84 Å². The smallest absolute Gasteiger partial charge is 0.409 e. The molecule has 0 fully saturated rings. The van der Waals surface area contributed by atoms with Gasteiger partial charge in [-0.2, -0.15) is 18.7 Å². The van der Waals surface area contributed by atoms with Gasteiger partial charge in [-0.25, -0.2) is 0 Å². The van der Waals surface area contributed by atoms with Crippen molar-refractivity contribution in [2.45, 2.75) is 26.9 Å². The molecule has 16 heavy (non-hydrogen) atoms. The molecule has 0 aliphatic rings. The molecular formula is C11H16F3NO. The molecule has 1 rings (SSSR count). The van der Waals surface area contributed by atoms with Crippen LogP contribution >= 0.6 is 0 Å². The standard InChI is InChI=1S/C9H10F3NO.C2H6/c1-2-13-14-8-5-3-4-7(6-8)9(10,11)12;1-2/h3-6,13H,2H2,1H3;1-2H3. The summed E-state index contributed by atoms with van der Waals surface area (Å²) in [6.45, 7) is 6.31. The summed E-state index contributed by atoms with van der Waals surface area (Å²) in [5, 5.41) is 0. The molecule has 0 unspecified atom stereocenters. The van der Waals surface area contributed by atoms with Crippen LogP contribution in [0.1, 0.15) is 26.3 Å². The minimum Gasteiger partial charge on any atom is -0.409 e. The number of nitrogens with one attached hydrogen (secondary N) is 1. The fourth-order valence-electron chi connectivity index (χ4n) is 0.891. The minimum absolute atomic E-state index is 0.154. The van der Waals surface area contributed by atoms with Gasteiger partial charge in [0.05, 0.1) is 5.56 Å². The van der Waals surface area contributed by atoms with Crippen LogP contribution in [0.3, 0.4) is 0 Å². The number of hydrogen-bond donors (Lipinski definition) is 1. The summed E-state index contributed by atoms with van der Waals surface area (Å²) < 4.78 is 36.6. The molecule has 1 aromatic rings. The van der Waals surface area contributed by atoms with Crippen LogP contribution in [0.25, 0.3) is 0 Å². The molecule has 0 spiro atoms. The second-order valence-corrected chi connectivity index (χ2v) is 2.63. The summed E-state index contributed by atoms with van der Waals surface area (Å²) in [6, 6.07) is 4.70. The molecular weight excluding hydrogens is 219 g/mol. The van der Waals surface area contributed by atoms with E-state index in [1.54, 1.807) is 6.92 Å².